The van der Waals surface area contributed by atoms with Crippen LogP contribution in [0.4, 0.5) is 23.4 Å². The molecule has 1 amide bonds. The van der Waals surface area contributed by atoms with Crippen LogP contribution < -0.4 is 9.64 Å². The van der Waals surface area contributed by atoms with Crippen LogP contribution in [0.1, 0.15) is 43.2 Å². The zero-order valence-corrected chi connectivity index (χ0v) is 26.0. The van der Waals surface area contributed by atoms with E-state index in [1.165, 1.54) is 17.2 Å². The summed E-state index contributed by atoms with van der Waals surface area (Å²) in [6.45, 7) is 12.1. The summed E-state index contributed by atoms with van der Waals surface area (Å²) in [6, 6.07) is 2.14. The van der Waals surface area contributed by atoms with Crippen LogP contribution in [0.3, 0.4) is 0 Å². The molecule has 5 heterocycles. The van der Waals surface area contributed by atoms with Crippen LogP contribution in [0.15, 0.2) is 30.7 Å². The van der Waals surface area contributed by atoms with E-state index in [-0.39, 0.29) is 61.2 Å². The predicted molar refractivity (Wildman–Crippen MR) is 167 cm³/mol. The number of carbonyl (C=O) groups is 1. The number of fused-ring (bicyclic) bond motifs is 3. The van der Waals surface area contributed by atoms with Crippen molar-refractivity contribution in [2.45, 2.75) is 62.7 Å². The number of benzene rings is 1. The minimum absolute atomic E-state index is 0.0446. The first-order valence-electron chi connectivity index (χ1n) is 16.1. The maximum atomic E-state index is 16.7. The van der Waals surface area contributed by atoms with E-state index in [1.54, 1.807) is 11.0 Å². The summed E-state index contributed by atoms with van der Waals surface area (Å²) >= 11 is 0. The van der Waals surface area contributed by atoms with E-state index in [4.69, 9.17) is 16.3 Å². The second kappa shape index (κ2) is 12.4. The van der Waals surface area contributed by atoms with Crippen molar-refractivity contribution in [2.24, 2.45) is 0 Å². The summed E-state index contributed by atoms with van der Waals surface area (Å²) in [5.41, 5.74) is 1.35. The van der Waals surface area contributed by atoms with Crippen molar-refractivity contribution in [1.29, 1.82) is 0 Å². The van der Waals surface area contributed by atoms with Gasteiger partial charge in [0.15, 0.2) is 11.6 Å². The van der Waals surface area contributed by atoms with E-state index in [0.29, 0.717) is 42.8 Å². The first-order chi connectivity index (χ1) is 22.7. The molecule has 3 aromatic rings. The van der Waals surface area contributed by atoms with Gasteiger partial charge < -0.3 is 19.4 Å². The van der Waals surface area contributed by atoms with E-state index >= 15 is 4.39 Å². The van der Waals surface area contributed by atoms with E-state index in [2.05, 4.69) is 26.3 Å². The molecule has 2 aromatic heterocycles. The molecular weight excluding hydrogens is 614 g/mol. The summed E-state index contributed by atoms with van der Waals surface area (Å²) in [4.78, 5) is 34.9. The molecular formula is C34H35F4N7O2. The average Bonchev–Trinajstić information content (AvgIpc) is 3.60. The third-order valence-corrected chi connectivity index (χ3v) is 10.2. The largest absolute Gasteiger partial charge is 0.461 e. The molecule has 0 saturated carbocycles. The van der Waals surface area contributed by atoms with Gasteiger partial charge in [-0.25, -0.2) is 24.1 Å². The van der Waals surface area contributed by atoms with E-state index < -0.39 is 35.3 Å². The third kappa shape index (κ3) is 5.56. The van der Waals surface area contributed by atoms with Crippen LogP contribution in [0.5, 0.6) is 6.01 Å². The minimum Gasteiger partial charge on any atom is -0.461 e. The fraction of sp³-hybridized carbons (Fsp3) is 0.500. The first-order valence-corrected chi connectivity index (χ1v) is 16.1. The fourth-order valence-corrected chi connectivity index (χ4v) is 7.94. The van der Waals surface area contributed by atoms with Gasteiger partial charge in [-0.1, -0.05) is 6.58 Å². The SMILES string of the molecule is [C-]#[N+]C[C@H]1CN(c2nc(OC[C@@]34CCCN3C[C@H](F)C4)nc3c(F)c(-c4ccc(F)c5c4CCCC5)ncc23)CCN1C(=O)C(=C)F. The monoisotopic (exact) mass is 649 g/mol. The second-order valence-corrected chi connectivity index (χ2v) is 13.0. The number of amides is 1. The average molecular weight is 650 g/mol. The highest BCUT2D eigenvalue weighted by Gasteiger charge is 2.49. The van der Waals surface area contributed by atoms with Gasteiger partial charge in [0.25, 0.3) is 5.91 Å². The van der Waals surface area contributed by atoms with Crippen molar-refractivity contribution in [3.63, 3.8) is 0 Å². The topological polar surface area (TPSA) is 79.1 Å². The van der Waals surface area contributed by atoms with Gasteiger partial charge in [-0.2, -0.15) is 9.97 Å². The van der Waals surface area contributed by atoms with Crippen molar-refractivity contribution in [3.8, 4) is 17.3 Å². The molecule has 9 nitrogen and oxygen atoms in total. The lowest BCUT2D eigenvalue weighted by Crippen LogP contribution is -2.56. The molecule has 1 aromatic carbocycles. The Kier molecular flexibility index (Phi) is 8.24. The van der Waals surface area contributed by atoms with Gasteiger partial charge in [0.1, 0.15) is 41.7 Å². The zero-order chi connectivity index (χ0) is 32.9. The number of piperazine rings is 1. The smallest absolute Gasteiger partial charge is 0.319 e. The molecule has 7 rings (SSSR count). The van der Waals surface area contributed by atoms with Crippen molar-refractivity contribution in [1.82, 2.24) is 24.8 Å². The highest BCUT2D eigenvalue weighted by atomic mass is 19.1. The lowest BCUT2D eigenvalue weighted by Gasteiger charge is -2.39. The normalized spacial score (nSPS) is 24.2. The molecule has 0 unspecified atom stereocenters. The molecule has 3 atom stereocenters. The molecule has 3 aliphatic heterocycles. The summed E-state index contributed by atoms with van der Waals surface area (Å²) in [5, 5.41) is 0.288. The standard InChI is InChI=1S/C34H35F4N7O2/c1-20(35)32(46)45-13-12-43(18-22(45)15-39-2)31-26-16-40-29(25-8-9-27(37)24-7-4-3-6-23(24)25)28(38)30(26)41-33(42-31)47-19-34-10-5-11-44(34)17-21(36)14-34/h8-9,16,21-22H,1,3-7,10-15,17-19H2/t21-,22+,34+/m1/s1. The third-order valence-electron chi connectivity index (χ3n) is 10.2. The number of halogens is 4. The Morgan fingerprint density at radius 2 is 1.91 bits per heavy atom. The van der Waals surface area contributed by atoms with Gasteiger partial charge in [-0.3, -0.25) is 14.7 Å². The zero-order valence-electron chi connectivity index (χ0n) is 26.0. The number of hydrogen-bond acceptors (Lipinski definition) is 7. The maximum Gasteiger partial charge on any atom is 0.319 e. The van der Waals surface area contributed by atoms with E-state index in [0.717, 1.165) is 37.8 Å². The molecule has 47 heavy (non-hydrogen) atoms. The lowest BCUT2D eigenvalue weighted by molar-refractivity contribution is -0.131. The molecule has 0 N–H and O–H groups in total. The van der Waals surface area contributed by atoms with Crippen LogP contribution in [0, 0.1) is 18.2 Å². The molecule has 3 saturated heterocycles. The number of carbonyl (C=O) groups excluding carboxylic acids is 1. The Hall–Kier alpha value is -4.31. The van der Waals surface area contributed by atoms with Crippen LogP contribution >= 0.6 is 0 Å². The Balaban J connectivity index is 1.31. The fourth-order valence-electron chi connectivity index (χ4n) is 7.94. The van der Waals surface area contributed by atoms with Crippen LogP contribution in [0.25, 0.3) is 27.0 Å². The van der Waals surface area contributed by atoms with Crippen molar-refractivity contribution in [3.05, 3.63) is 64.9 Å². The first kappa shape index (κ1) is 31.3. The number of hydrogen-bond donors (Lipinski definition) is 0. The quantitative estimate of drug-likeness (QED) is 0.197. The van der Waals surface area contributed by atoms with Crippen molar-refractivity contribution < 1.29 is 27.1 Å². The molecule has 4 aliphatic rings. The highest BCUT2D eigenvalue weighted by molar-refractivity contribution is 5.93. The van der Waals surface area contributed by atoms with E-state index in [1.807, 2.05) is 0 Å². The Morgan fingerprint density at radius 3 is 2.70 bits per heavy atom. The van der Waals surface area contributed by atoms with Crippen LogP contribution in [0.2, 0.25) is 0 Å². The molecule has 3 fully saturated rings. The van der Waals surface area contributed by atoms with Gasteiger partial charge in [-0.05, 0) is 68.3 Å². The minimum atomic E-state index is -1.11. The molecule has 1 aliphatic carbocycles. The number of ether oxygens (including phenoxy) is 1. The second-order valence-electron chi connectivity index (χ2n) is 13.0. The highest BCUT2D eigenvalue weighted by Crippen LogP contribution is 2.41. The molecule has 0 spiro atoms. The molecule has 13 heteroatoms. The number of rotatable bonds is 7. The number of nitrogens with zero attached hydrogens (tertiary/aromatic N) is 7. The Bertz CT molecular complexity index is 1800. The van der Waals surface area contributed by atoms with Gasteiger partial charge >= 0.3 is 6.01 Å². The van der Waals surface area contributed by atoms with E-state index in [9.17, 15) is 18.0 Å². The summed E-state index contributed by atoms with van der Waals surface area (Å²) in [7, 11) is 0. The van der Waals surface area contributed by atoms with Crippen molar-refractivity contribution in [2.75, 3.05) is 50.8 Å². The van der Waals surface area contributed by atoms with Crippen LogP contribution in [-0.2, 0) is 17.6 Å². The van der Waals surface area contributed by atoms with Gasteiger partial charge in [0, 0.05) is 44.4 Å². The molecule has 0 radical (unpaired) electrons. The Labute approximate surface area is 270 Å². The summed E-state index contributed by atoms with van der Waals surface area (Å²) in [5.74, 6) is -2.71. The molecule has 0 bridgehead atoms. The summed E-state index contributed by atoms with van der Waals surface area (Å²) in [6.07, 6.45) is 5.43. The number of pyridine rings is 1. The van der Waals surface area contributed by atoms with Gasteiger partial charge in [0.2, 0.25) is 6.54 Å². The predicted octanol–water partition coefficient (Wildman–Crippen LogP) is 5.22. The number of alkyl halides is 1. The lowest BCUT2D eigenvalue weighted by atomic mass is 9.86. The van der Waals surface area contributed by atoms with Gasteiger partial charge in [0.05, 0.1) is 10.9 Å². The summed E-state index contributed by atoms with van der Waals surface area (Å²) < 4.78 is 65.9. The molecule has 246 valence electrons. The number of aromatic nitrogens is 3. The van der Waals surface area contributed by atoms with Gasteiger partial charge in [-0.15, -0.1) is 0 Å². The van der Waals surface area contributed by atoms with Crippen molar-refractivity contribution >= 4 is 22.6 Å². The maximum absolute atomic E-state index is 16.7. The Morgan fingerprint density at radius 1 is 1.11 bits per heavy atom. The van der Waals surface area contributed by atoms with Crippen LogP contribution in [-0.4, -0.2) is 94.3 Å². The number of anilines is 1.